The van der Waals surface area contributed by atoms with Crippen molar-refractivity contribution in [2.24, 2.45) is 0 Å². The van der Waals surface area contributed by atoms with Gasteiger partial charge in [0.15, 0.2) is 6.61 Å². The lowest BCUT2D eigenvalue weighted by molar-refractivity contribution is -0.274. The number of benzene rings is 2. The van der Waals surface area contributed by atoms with E-state index < -0.39 is 24.1 Å². The van der Waals surface area contributed by atoms with Crippen LogP contribution in [0.2, 0.25) is 0 Å². The molecular formula is C19H13F3N2O6. The van der Waals surface area contributed by atoms with Crippen molar-refractivity contribution < 1.29 is 41.5 Å². The first kappa shape index (κ1) is 20.8. The molecule has 0 saturated heterocycles. The van der Waals surface area contributed by atoms with Crippen LogP contribution in [0.15, 0.2) is 53.1 Å². The highest BCUT2D eigenvalue weighted by Crippen LogP contribution is 2.25. The molecule has 1 aromatic heterocycles. The van der Waals surface area contributed by atoms with E-state index in [1.54, 1.807) is 0 Å². The summed E-state index contributed by atoms with van der Waals surface area (Å²) in [6, 6.07) is 10.6. The Hall–Kier alpha value is -3.89. The lowest BCUT2D eigenvalue weighted by Crippen LogP contribution is -2.16. The Labute approximate surface area is 167 Å². The number of aromatic nitrogens is 2. The molecule has 2 aromatic carbocycles. The third kappa shape index (κ3) is 5.34. The smallest absolute Gasteiger partial charge is 0.465 e. The van der Waals surface area contributed by atoms with Crippen molar-refractivity contribution in [2.75, 3.05) is 7.11 Å². The Bertz CT molecular complexity index is 1050. The SMILES string of the molecule is COC(=O)c1cccc(C(=O)OCc2nc(-c3ccc(OC(F)(F)F)cc3)no2)c1. The van der Waals surface area contributed by atoms with Gasteiger partial charge in [-0.1, -0.05) is 11.2 Å². The molecule has 8 nitrogen and oxygen atoms in total. The van der Waals surface area contributed by atoms with Crippen LogP contribution < -0.4 is 4.74 Å². The normalized spacial score (nSPS) is 11.1. The van der Waals surface area contributed by atoms with Gasteiger partial charge in [0.05, 0.1) is 18.2 Å². The second-order valence-electron chi connectivity index (χ2n) is 5.73. The summed E-state index contributed by atoms with van der Waals surface area (Å²) < 4.78 is 55.0. The van der Waals surface area contributed by atoms with Gasteiger partial charge >= 0.3 is 18.3 Å². The molecule has 0 radical (unpaired) electrons. The predicted octanol–water partition coefficient (Wildman–Crippen LogP) is 3.78. The average Bonchev–Trinajstić information content (AvgIpc) is 3.20. The summed E-state index contributed by atoms with van der Waals surface area (Å²) in [5.74, 6) is -1.66. The van der Waals surface area contributed by atoms with Crippen molar-refractivity contribution in [1.29, 1.82) is 0 Å². The number of hydrogen-bond donors (Lipinski definition) is 0. The van der Waals surface area contributed by atoms with Gasteiger partial charge in [0.2, 0.25) is 5.82 Å². The number of carbonyl (C=O) groups is 2. The van der Waals surface area contributed by atoms with Crippen LogP contribution in [0.1, 0.15) is 26.6 Å². The number of ether oxygens (including phenoxy) is 3. The molecule has 156 valence electrons. The third-order valence-corrected chi connectivity index (χ3v) is 3.66. The average molecular weight is 422 g/mol. The van der Waals surface area contributed by atoms with E-state index in [1.165, 1.54) is 43.5 Å². The van der Waals surface area contributed by atoms with E-state index >= 15 is 0 Å². The van der Waals surface area contributed by atoms with Gasteiger partial charge in [-0.2, -0.15) is 4.98 Å². The van der Waals surface area contributed by atoms with Crippen LogP contribution >= 0.6 is 0 Å². The number of nitrogens with zero attached hydrogens (tertiary/aromatic N) is 2. The molecule has 0 saturated carbocycles. The molecule has 3 rings (SSSR count). The molecule has 30 heavy (non-hydrogen) atoms. The van der Waals surface area contributed by atoms with Gasteiger partial charge in [0.1, 0.15) is 5.75 Å². The molecule has 0 aliphatic heterocycles. The Balaban J connectivity index is 1.62. The summed E-state index contributed by atoms with van der Waals surface area (Å²) in [4.78, 5) is 27.7. The Morgan fingerprint density at radius 1 is 1.03 bits per heavy atom. The number of halogens is 3. The molecule has 0 bridgehead atoms. The quantitative estimate of drug-likeness (QED) is 0.554. The number of esters is 2. The molecule has 3 aromatic rings. The van der Waals surface area contributed by atoms with Gasteiger partial charge in [0.25, 0.3) is 5.89 Å². The molecular weight excluding hydrogens is 409 g/mol. The van der Waals surface area contributed by atoms with Crippen molar-refractivity contribution in [3.05, 3.63) is 65.5 Å². The van der Waals surface area contributed by atoms with E-state index in [-0.39, 0.29) is 29.4 Å². The lowest BCUT2D eigenvalue weighted by atomic mass is 10.1. The summed E-state index contributed by atoms with van der Waals surface area (Å²) in [7, 11) is 1.22. The Morgan fingerprint density at radius 3 is 2.33 bits per heavy atom. The summed E-state index contributed by atoms with van der Waals surface area (Å²) >= 11 is 0. The molecule has 0 spiro atoms. The molecule has 0 fully saturated rings. The summed E-state index contributed by atoms with van der Waals surface area (Å²) in [6.07, 6.45) is -4.79. The summed E-state index contributed by atoms with van der Waals surface area (Å²) in [5, 5.41) is 3.69. The van der Waals surface area contributed by atoms with E-state index in [0.717, 1.165) is 12.1 Å². The van der Waals surface area contributed by atoms with Gasteiger partial charge in [0, 0.05) is 5.56 Å². The first-order chi connectivity index (χ1) is 14.2. The number of rotatable bonds is 6. The highest BCUT2D eigenvalue weighted by atomic mass is 19.4. The maximum Gasteiger partial charge on any atom is 0.573 e. The van der Waals surface area contributed by atoms with Crippen molar-refractivity contribution in [2.45, 2.75) is 13.0 Å². The largest absolute Gasteiger partial charge is 0.573 e. The molecule has 0 atom stereocenters. The monoisotopic (exact) mass is 422 g/mol. The Kier molecular flexibility index (Phi) is 6.00. The van der Waals surface area contributed by atoms with Gasteiger partial charge in [-0.15, -0.1) is 13.2 Å². The minimum Gasteiger partial charge on any atom is -0.465 e. The molecule has 0 aliphatic rings. The Morgan fingerprint density at radius 2 is 1.70 bits per heavy atom. The van der Waals surface area contributed by atoms with Crippen LogP contribution in [0.4, 0.5) is 13.2 Å². The van der Waals surface area contributed by atoms with Crippen LogP contribution in [0.5, 0.6) is 5.75 Å². The molecule has 1 heterocycles. The standard InChI is InChI=1S/C19H13F3N2O6/c1-27-17(25)12-3-2-4-13(9-12)18(26)28-10-15-23-16(24-30-15)11-5-7-14(8-6-11)29-19(20,21)22/h2-9H,10H2,1H3. The maximum atomic E-state index is 12.2. The van der Waals surface area contributed by atoms with Crippen LogP contribution in [-0.2, 0) is 16.1 Å². The summed E-state index contributed by atoms with van der Waals surface area (Å²) in [6.45, 7) is -0.344. The zero-order valence-electron chi connectivity index (χ0n) is 15.3. The van der Waals surface area contributed by atoms with Crippen LogP contribution in [-0.4, -0.2) is 35.6 Å². The van der Waals surface area contributed by atoms with E-state index in [9.17, 15) is 22.8 Å². The second-order valence-corrected chi connectivity index (χ2v) is 5.73. The maximum absolute atomic E-state index is 12.2. The predicted molar refractivity (Wildman–Crippen MR) is 93.3 cm³/mol. The fourth-order valence-electron chi connectivity index (χ4n) is 2.34. The van der Waals surface area contributed by atoms with E-state index in [4.69, 9.17) is 9.26 Å². The van der Waals surface area contributed by atoms with E-state index in [1.807, 2.05) is 0 Å². The van der Waals surface area contributed by atoms with Crippen molar-refractivity contribution >= 4 is 11.9 Å². The van der Waals surface area contributed by atoms with Crippen LogP contribution in [0, 0.1) is 0 Å². The molecule has 0 unspecified atom stereocenters. The number of hydrogen-bond acceptors (Lipinski definition) is 8. The second kappa shape index (κ2) is 8.64. The van der Waals surface area contributed by atoms with Crippen LogP contribution in [0.25, 0.3) is 11.4 Å². The van der Waals surface area contributed by atoms with Gasteiger partial charge in [-0.05, 0) is 42.5 Å². The summed E-state index contributed by atoms with van der Waals surface area (Å²) in [5.41, 5.74) is 0.680. The lowest BCUT2D eigenvalue weighted by Gasteiger charge is -2.08. The van der Waals surface area contributed by atoms with Crippen molar-refractivity contribution in [3.63, 3.8) is 0 Å². The minimum absolute atomic E-state index is 0.0295. The van der Waals surface area contributed by atoms with E-state index in [2.05, 4.69) is 19.6 Å². The fourth-order valence-corrected chi connectivity index (χ4v) is 2.34. The number of carbonyl (C=O) groups excluding carboxylic acids is 2. The number of methoxy groups -OCH3 is 1. The van der Waals surface area contributed by atoms with Crippen molar-refractivity contribution in [1.82, 2.24) is 10.1 Å². The first-order valence-electron chi connectivity index (χ1n) is 8.29. The minimum atomic E-state index is -4.79. The van der Waals surface area contributed by atoms with Gasteiger partial charge in [-0.3, -0.25) is 0 Å². The fraction of sp³-hybridized carbons (Fsp3) is 0.158. The van der Waals surface area contributed by atoms with Gasteiger partial charge < -0.3 is 18.7 Å². The zero-order valence-corrected chi connectivity index (χ0v) is 15.3. The van der Waals surface area contributed by atoms with Gasteiger partial charge in [-0.25, -0.2) is 9.59 Å². The zero-order chi connectivity index (χ0) is 21.7. The molecule has 11 heteroatoms. The highest BCUT2D eigenvalue weighted by molar-refractivity contribution is 5.95. The van der Waals surface area contributed by atoms with Crippen LogP contribution in [0.3, 0.4) is 0 Å². The third-order valence-electron chi connectivity index (χ3n) is 3.66. The highest BCUT2D eigenvalue weighted by Gasteiger charge is 2.31. The molecule has 0 aliphatic carbocycles. The number of alkyl halides is 3. The molecule has 0 amide bonds. The molecule has 0 N–H and O–H groups in total. The van der Waals surface area contributed by atoms with Crippen molar-refractivity contribution in [3.8, 4) is 17.1 Å². The first-order valence-corrected chi connectivity index (χ1v) is 8.29. The topological polar surface area (TPSA) is 101 Å². The van der Waals surface area contributed by atoms with E-state index in [0.29, 0.717) is 5.56 Å².